The number of nitro groups is 1. The van der Waals surface area contributed by atoms with E-state index in [9.17, 15) is 20.0 Å². The van der Waals surface area contributed by atoms with Gasteiger partial charge in [-0.15, -0.1) is 0 Å². The number of phenolic OH excluding ortho intramolecular Hbond substituents is 1. The molecule has 0 aliphatic carbocycles. The van der Waals surface area contributed by atoms with Gasteiger partial charge in [0.2, 0.25) is 6.33 Å². The standard InChI is InChI=1S/C12H12N6O4/c1-8(9-2-4-10(19)5-3-9)14-15-11(20)6-17-7-13-12(16-17)18(21)22/h2-5,7,19H,6H2,1H3,(H,15,20). The molecule has 0 bridgehead atoms. The molecule has 2 aromatic rings. The fourth-order valence-electron chi connectivity index (χ4n) is 1.54. The van der Waals surface area contributed by atoms with Crippen molar-refractivity contribution >= 4 is 17.6 Å². The van der Waals surface area contributed by atoms with Crippen molar-refractivity contribution in [2.24, 2.45) is 5.10 Å². The van der Waals surface area contributed by atoms with Crippen molar-refractivity contribution in [1.29, 1.82) is 0 Å². The third-order valence-electron chi connectivity index (χ3n) is 2.63. The van der Waals surface area contributed by atoms with Crippen LogP contribution in [-0.2, 0) is 11.3 Å². The predicted octanol–water partition coefficient (Wildman–Crippen LogP) is 0.432. The minimum absolute atomic E-state index is 0.133. The van der Waals surface area contributed by atoms with Crippen LogP contribution >= 0.6 is 0 Å². The fourth-order valence-corrected chi connectivity index (χ4v) is 1.54. The summed E-state index contributed by atoms with van der Waals surface area (Å²) < 4.78 is 1.04. The topological polar surface area (TPSA) is 136 Å². The molecular weight excluding hydrogens is 292 g/mol. The molecule has 2 N–H and O–H groups in total. The van der Waals surface area contributed by atoms with Crippen LogP contribution in [0.15, 0.2) is 35.7 Å². The summed E-state index contributed by atoms with van der Waals surface area (Å²) in [7, 11) is 0. The lowest BCUT2D eigenvalue weighted by molar-refractivity contribution is -0.394. The average molecular weight is 304 g/mol. The number of nitrogens with zero attached hydrogens (tertiary/aromatic N) is 5. The van der Waals surface area contributed by atoms with E-state index in [1.807, 2.05) is 0 Å². The second kappa shape index (κ2) is 6.43. The largest absolute Gasteiger partial charge is 0.508 e. The lowest BCUT2D eigenvalue weighted by atomic mass is 10.1. The summed E-state index contributed by atoms with van der Waals surface area (Å²) in [5, 5.41) is 27.0. The SMILES string of the molecule is CC(=NNC(=O)Cn1cnc([N+](=O)[O-])n1)c1ccc(O)cc1. The Morgan fingerprint density at radius 1 is 1.45 bits per heavy atom. The van der Waals surface area contributed by atoms with Gasteiger partial charge < -0.3 is 15.2 Å². The van der Waals surface area contributed by atoms with E-state index in [0.717, 1.165) is 16.6 Å². The Kier molecular flexibility index (Phi) is 4.41. The lowest BCUT2D eigenvalue weighted by Crippen LogP contribution is -2.24. The van der Waals surface area contributed by atoms with E-state index in [2.05, 4.69) is 20.6 Å². The molecule has 1 heterocycles. The smallest absolute Gasteiger partial charge is 0.490 e. The Balaban J connectivity index is 1.95. The first-order chi connectivity index (χ1) is 10.5. The van der Waals surface area contributed by atoms with E-state index in [4.69, 9.17) is 0 Å². The molecule has 1 aromatic heterocycles. The maximum atomic E-state index is 11.7. The normalized spacial score (nSPS) is 11.2. The van der Waals surface area contributed by atoms with Crippen LogP contribution in [0.3, 0.4) is 0 Å². The average Bonchev–Trinajstić information content (AvgIpc) is 2.94. The molecule has 2 rings (SSSR count). The van der Waals surface area contributed by atoms with Crippen molar-refractivity contribution in [3.05, 3.63) is 46.3 Å². The minimum Gasteiger partial charge on any atom is -0.508 e. The van der Waals surface area contributed by atoms with Gasteiger partial charge >= 0.3 is 5.95 Å². The number of phenols is 1. The molecule has 1 aromatic carbocycles. The van der Waals surface area contributed by atoms with E-state index in [1.54, 1.807) is 19.1 Å². The Bertz CT molecular complexity index is 721. The maximum absolute atomic E-state index is 11.7. The summed E-state index contributed by atoms with van der Waals surface area (Å²) in [5.41, 5.74) is 3.58. The third-order valence-corrected chi connectivity index (χ3v) is 2.63. The first kappa shape index (κ1) is 15.1. The van der Waals surface area contributed by atoms with E-state index in [-0.39, 0.29) is 12.3 Å². The monoisotopic (exact) mass is 304 g/mol. The number of carbonyl (C=O) groups excluding carboxylic acids is 1. The van der Waals surface area contributed by atoms with Gasteiger partial charge in [-0.3, -0.25) is 4.79 Å². The molecular formula is C12H12N6O4. The van der Waals surface area contributed by atoms with Gasteiger partial charge in [-0.1, -0.05) is 4.98 Å². The number of aromatic nitrogens is 3. The molecule has 22 heavy (non-hydrogen) atoms. The zero-order valence-electron chi connectivity index (χ0n) is 11.5. The molecule has 1 amide bonds. The summed E-state index contributed by atoms with van der Waals surface area (Å²) in [6, 6.07) is 6.32. The molecule has 0 unspecified atom stereocenters. The van der Waals surface area contributed by atoms with Crippen LogP contribution in [0.25, 0.3) is 0 Å². The lowest BCUT2D eigenvalue weighted by Gasteiger charge is -2.02. The molecule has 10 nitrogen and oxygen atoms in total. The van der Waals surface area contributed by atoms with Gasteiger partial charge in [-0.05, 0) is 41.7 Å². The zero-order valence-corrected chi connectivity index (χ0v) is 11.5. The Labute approximate surface area is 124 Å². The molecule has 0 atom stereocenters. The number of rotatable bonds is 5. The second-order valence-corrected chi connectivity index (χ2v) is 4.28. The van der Waals surface area contributed by atoms with Gasteiger partial charge in [0.25, 0.3) is 5.91 Å². The predicted molar refractivity (Wildman–Crippen MR) is 75.1 cm³/mol. The highest BCUT2D eigenvalue weighted by Gasteiger charge is 2.14. The summed E-state index contributed by atoms with van der Waals surface area (Å²) >= 11 is 0. The van der Waals surface area contributed by atoms with Crippen LogP contribution in [0.2, 0.25) is 0 Å². The quantitative estimate of drug-likeness (QED) is 0.467. The van der Waals surface area contributed by atoms with Gasteiger partial charge in [0.1, 0.15) is 12.3 Å². The van der Waals surface area contributed by atoms with Gasteiger partial charge in [0.05, 0.1) is 5.71 Å². The van der Waals surface area contributed by atoms with Crippen molar-refractivity contribution in [2.75, 3.05) is 0 Å². The van der Waals surface area contributed by atoms with Gasteiger partial charge in [-0.2, -0.15) is 9.78 Å². The van der Waals surface area contributed by atoms with Crippen molar-refractivity contribution < 1.29 is 14.8 Å². The molecule has 0 fully saturated rings. The summed E-state index contributed by atoms with van der Waals surface area (Å²) in [5.74, 6) is -0.942. The second-order valence-electron chi connectivity index (χ2n) is 4.28. The highest BCUT2D eigenvalue weighted by atomic mass is 16.6. The third kappa shape index (κ3) is 3.85. The van der Waals surface area contributed by atoms with Crippen LogP contribution in [0, 0.1) is 10.1 Å². The highest BCUT2D eigenvalue weighted by Crippen LogP contribution is 2.10. The van der Waals surface area contributed by atoms with E-state index >= 15 is 0 Å². The number of hydrogen-bond acceptors (Lipinski definition) is 7. The molecule has 0 radical (unpaired) electrons. The first-order valence-corrected chi connectivity index (χ1v) is 6.12. The molecule has 0 spiro atoms. The van der Waals surface area contributed by atoms with Gasteiger partial charge in [-0.25, -0.2) is 5.43 Å². The number of amides is 1. The van der Waals surface area contributed by atoms with Crippen LogP contribution in [-0.4, -0.2) is 36.4 Å². The first-order valence-electron chi connectivity index (χ1n) is 6.12. The Hall–Kier alpha value is -3.30. The molecule has 0 saturated heterocycles. The molecule has 10 heteroatoms. The molecule has 0 saturated carbocycles. The number of nitrogens with one attached hydrogen (secondary N) is 1. The summed E-state index contributed by atoms with van der Waals surface area (Å²) in [6.45, 7) is 1.44. The van der Waals surface area contributed by atoms with E-state index in [1.165, 1.54) is 12.1 Å². The summed E-state index contributed by atoms with van der Waals surface area (Å²) in [4.78, 5) is 24.8. The van der Waals surface area contributed by atoms with E-state index in [0.29, 0.717) is 5.71 Å². The fraction of sp³-hybridized carbons (Fsp3) is 0.167. The molecule has 114 valence electrons. The Morgan fingerprint density at radius 2 is 2.14 bits per heavy atom. The Morgan fingerprint density at radius 3 is 2.73 bits per heavy atom. The van der Waals surface area contributed by atoms with Crippen LogP contribution in [0.5, 0.6) is 5.75 Å². The van der Waals surface area contributed by atoms with Crippen molar-refractivity contribution in [3.63, 3.8) is 0 Å². The maximum Gasteiger partial charge on any atom is 0.490 e. The van der Waals surface area contributed by atoms with Crippen LogP contribution in [0.1, 0.15) is 12.5 Å². The van der Waals surface area contributed by atoms with Gasteiger partial charge in [0.15, 0.2) is 0 Å². The number of carbonyl (C=O) groups is 1. The van der Waals surface area contributed by atoms with Crippen molar-refractivity contribution in [2.45, 2.75) is 13.5 Å². The molecule has 0 aliphatic heterocycles. The van der Waals surface area contributed by atoms with Crippen LogP contribution < -0.4 is 5.43 Å². The summed E-state index contributed by atoms with van der Waals surface area (Å²) in [6.07, 6.45) is 1.09. The molecule has 0 aliphatic rings. The number of benzene rings is 1. The van der Waals surface area contributed by atoms with E-state index < -0.39 is 16.8 Å². The van der Waals surface area contributed by atoms with Crippen LogP contribution in [0.4, 0.5) is 5.95 Å². The number of aromatic hydroxyl groups is 1. The minimum atomic E-state index is -0.748. The number of hydrogen-bond donors (Lipinski definition) is 2. The zero-order chi connectivity index (χ0) is 16.1. The highest BCUT2D eigenvalue weighted by molar-refractivity contribution is 5.99. The number of hydrazone groups is 1. The van der Waals surface area contributed by atoms with Crippen molar-refractivity contribution in [3.8, 4) is 5.75 Å². The van der Waals surface area contributed by atoms with Crippen molar-refractivity contribution in [1.82, 2.24) is 20.2 Å². The van der Waals surface area contributed by atoms with Gasteiger partial charge in [0, 0.05) is 5.10 Å².